The fourth-order valence-corrected chi connectivity index (χ4v) is 0.163. The Morgan fingerprint density at radius 1 is 1.44 bits per heavy atom. The minimum Gasteiger partial charge on any atom is -0.373 e. The second-order valence-electron chi connectivity index (χ2n) is 1.04. The first kappa shape index (κ1) is 11.7. The number of ether oxygens (including phenoxy) is 1. The van der Waals surface area contributed by atoms with Crippen molar-refractivity contribution >= 4 is 5.97 Å². The number of halogens is 3. The van der Waals surface area contributed by atoms with Crippen LogP contribution in [0.5, 0.6) is 0 Å². The number of carbonyl (C=O) groups is 1. The molecule has 0 saturated heterocycles. The minimum absolute atomic E-state index is 0. The molecule has 0 fully saturated rings. The van der Waals surface area contributed by atoms with Crippen LogP contribution in [0, 0.1) is 0 Å². The number of hydrogen-bond acceptors (Lipinski definition) is 2. The van der Waals surface area contributed by atoms with Gasteiger partial charge < -0.3 is 4.74 Å². The summed E-state index contributed by atoms with van der Waals surface area (Å²) in [6, 6.07) is 0. The van der Waals surface area contributed by atoms with E-state index < -0.39 is 12.3 Å². The zero-order chi connectivity index (χ0) is 6.78. The molecule has 0 aromatic carbocycles. The zero-order valence-electron chi connectivity index (χ0n) is 4.27. The van der Waals surface area contributed by atoms with E-state index in [0.29, 0.717) is 6.92 Å². The summed E-state index contributed by atoms with van der Waals surface area (Å²) in [6.45, 7) is 0.688. The molecule has 0 aliphatic carbocycles. The van der Waals surface area contributed by atoms with Crippen LogP contribution < -0.4 is 0 Å². The van der Waals surface area contributed by atoms with Gasteiger partial charge >= 0.3 is 12.3 Å². The molecule has 0 aliphatic rings. The summed E-state index contributed by atoms with van der Waals surface area (Å²) in [6.07, 6.45) is -4.83. The largest absolute Gasteiger partial charge is 0.575 e. The number of alkyl halides is 3. The van der Waals surface area contributed by atoms with Crippen molar-refractivity contribution in [3.63, 3.8) is 0 Å². The molecular weight excluding hydrogens is 231 g/mol. The second kappa shape index (κ2) is 3.86. The quantitative estimate of drug-likeness (QED) is 0.463. The van der Waals surface area contributed by atoms with E-state index in [4.69, 9.17) is 0 Å². The van der Waals surface area contributed by atoms with Crippen molar-refractivity contribution in [2.45, 2.75) is 13.3 Å². The maximum Gasteiger partial charge on any atom is 0.575 e. The molecule has 9 heavy (non-hydrogen) atoms. The average Bonchev–Trinajstić information content (AvgIpc) is 1.21. The Labute approximate surface area is 63.0 Å². The molecule has 0 aromatic rings. The molecule has 0 N–H and O–H groups in total. The topological polar surface area (TPSA) is 26.3 Å². The smallest absolute Gasteiger partial charge is 0.373 e. The summed E-state index contributed by atoms with van der Waals surface area (Å²) in [4.78, 5) is 9.52. The van der Waals surface area contributed by atoms with Crippen LogP contribution in [0.15, 0.2) is 0 Å². The molecule has 0 amide bonds. The SMILES string of the molecule is CC(=O)OC(F)(F)F.[Pd]. The van der Waals surface area contributed by atoms with E-state index in [2.05, 4.69) is 4.74 Å². The Kier molecular flexibility index (Phi) is 5.01. The fourth-order valence-electron chi connectivity index (χ4n) is 0.163. The summed E-state index contributed by atoms with van der Waals surface area (Å²) in [5, 5.41) is 0. The van der Waals surface area contributed by atoms with Gasteiger partial charge in [-0.25, -0.2) is 0 Å². The summed E-state index contributed by atoms with van der Waals surface area (Å²) >= 11 is 0. The number of esters is 1. The third kappa shape index (κ3) is 11.5. The van der Waals surface area contributed by atoms with Crippen LogP contribution in [0.25, 0.3) is 0 Å². The summed E-state index contributed by atoms with van der Waals surface area (Å²) in [5.74, 6) is -1.35. The van der Waals surface area contributed by atoms with Gasteiger partial charge in [0.15, 0.2) is 0 Å². The first-order valence-electron chi connectivity index (χ1n) is 1.68. The molecule has 2 nitrogen and oxygen atoms in total. The van der Waals surface area contributed by atoms with Gasteiger partial charge in [0.1, 0.15) is 0 Å². The van der Waals surface area contributed by atoms with E-state index in [1.54, 1.807) is 0 Å². The first-order chi connectivity index (χ1) is 3.42. The van der Waals surface area contributed by atoms with Crippen LogP contribution >= 0.6 is 0 Å². The van der Waals surface area contributed by atoms with Gasteiger partial charge in [0, 0.05) is 27.3 Å². The predicted octanol–water partition coefficient (Wildman–Crippen LogP) is 1.07. The van der Waals surface area contributed by atoms with Crippen LogP contribution in [0.1, 0.15) is 6.92 Å². The molecule has 0 radical (unpaired) electrons. The van der Waals surface area contributed by atoms with Crippen molar-refractivity contribution in [3.8, 4) is 0 Å². The third-order valence-corrected chi connectivity index (χ3v) is 0.259. The van der Waals surface area contributed by atoms with Crippen LogP contribution in [0.4, 0.5) is 13.2 Å². The molecule has 6 heteroatoms. The van der Waals surface area contributed by atoms with E-state index >= 15 is 0 Å². The monoisotopic (exact) mass is 234 g/mol. The molecule has 0 saturated carbocycles. The standard InChI is InChI=1S/C3H3F3O2.Pd/c1-2(7)8-3(4,5)6;/h1H3;. The minimum atomic E-state index is -4.83. The maximum absolute atomic E-state index is 10.9. The Hall–Kier alpha value is -0.0777. The zero-order valence-corrected chi connectivity index (χ0v) is 5.82. The summed E-state index contributed by atoms with van der Waals surface area (Å²) < 4.78 is 35.4. The van der Waals surface area contributed by atoms with Gasteiger partial charge in [-0.2, -0.15) is 0 Å². The molecular formula is C3H3F3O2Pd. The van der Waals surface area contributed by atoms with E-state index in [9.17, 15) is 18.0 Å². The van der Waals surface area contributed by atoms with Crippen LogP contribution in [0.2, 0.25) is 0 Å². The third-order valence-electron chi connectivity index (χ3n) is 0.259. The summed E-state index contributed by atoms with van der Waals surface area (Å²) in [5.41, 5.74) is 0. The van der Waals surface area contributed by atoms with Crippen molar-refractivity contribution in [3.05, 3.63) is 0 Å². The Balaban J connectivity index is 0. The molecule has 58 valence electrons. The molecule has 0 aliphatic heterocycles. The van der Waals surface area contributed by atoms with Crippen LogP contribution in [-0.4, -0.2) is 12.3 Å². The molecule has 0 aromatic heterocycles. The average molecular weight is 234 g/mol. The van der Waals surface area contributed by atoms with Crippen LogP contribution in [0.3, 0.4) is 0 Å². The van der Waals surface area contributed by atoms with Crippen molar-refractivity contribution in [1.82, 2.24) is 0 Å². The number of hydrogen-bond donors (Lipinski definition) is 0. The summed E-state index contributed by atoms with van der Waals surface area (Å²) in [7, 11) is 0. The normalized spacial score (nSPS) is 9.78. The van der Waals surface area contributed by atoms with Gasteiger partial charge in [-0.05, 0) is 0 Å². The van der Waals surface area contributed by atoms with Crippen LogP contribution in [-0.2, 0) is 30.0 Å². The Bertz CT molecular complexity index is 99.7. The van der Waals surface area contributed by atoms with Gasteiger partial charge in [-0.1, -0.05) is 0 Å². The number of rotatable bonds is 0. The van der Waals surface area contributed by atoms with E-state index in [-0.39, 0.29) is 20.4 Å². The predicted molar refractivity (Wildman–Crippen MR) is 17.8 cm³/mol. The molecule has 0 unspecified atom stereocenters. The van der Waals surface area contributed by atoms with E-state index in [0.717, 1.165) is 0 Å². The molecule has 0 atom stereocenters. The molecule has 0 heterocycles. The van der Waals surface area contributed by atoms with E-state index in [1.165, 1.54) is 0 Å². The van der Waals surface area contributed by atoms with Gasteiger partial charge in [0.05, 0.1) is 0 Å². The number of carbonyl (C=O) groups excluding carboxylic acids is 1. The maximum atomic E-state index is 10.9. The molecule has 0 rings (SSSR count). The van der Waals surface area contributed by atoms with Crippen molar-refractivity contribution in [2.24, 2.45) is 0 Å². The van der Waals surface area contributed by atoms with Crippen molar-refractivity contribution in [2.75, 3.05) is 0 Å². The Morgan fingerprint density at radius 3 is 1.78 bits per heavy atom. The van der Waals surface area contributed by atoms with Gasteiger partial charge in [0.2, 0.25) is 0 Å². The second-order valence-corrected chi connectivity index (χ2v) is 1.04. The van der Waals surface area contributed by atoms with Crippen molar-refractivity contribution < 1.29 is 43.1 Å². The fraction of sp³-hybridized carbons (Fsp3) is 0.667. The van der Waals surface area contributed by atoms with Gasteiger partial charge in [0.25, 0.3) is 0 Å². The van der Waals surface area contributed by atoms with Gasteiger partial charge in [-0.15, -0.1) is 13.2 Å². The van der Waals surface area contributed by atoms with E-state index in [1.807, 2.05) is 0 Å². The van der Waals surface area contributed by atoms with Crippen molar-refractivity contribution in [1.29, 1.82) is 0 Å². The van der Waals surface area contributed by atoms with Gasteiger partial charge in [-0.3, -0.25) is 4.79 Å². The molecule has 0 bridgehead atoms. The Morgan fingerprint density at radius 2 is 1.78 bits per heavy atom. The first-order valence-corrected chi connectivity index (χ1v) is 1.68. The molecule has 0 spiro atoms.